The summed E-state index contributed by atoms with van der Waals surface area (Å²) in [6.07, 6.45) is 3.97. The van der Waals surface area contributed by atoms with Crippen LogP contribution in [0.25, 0.3) is 11.1 Å². The monoisotopic (exact) mass is 412 g/mol. The van der Waals surface area contributed by atoms with Crippen LogP contribution in [0, 0.1) is 5.82 Å². The van der Waals surface area contributed by atoms with Gasteiger partial charge < -0.3 is 19.3 Å². The van der Waals surface area contributed by atoms with Crippen molar-refractivity contribution in [3.8, 4) is 22.6 Å². The van der Waals surface area contributed by atoms with E-state index >= 15 is 4.39 Å². The van der Waals surface area contributed by atoms with Gasteiger partial charge in [-0.3, -0.25) is 4.79 Å². The predicted octanol–water partition coefficient (Wildman–Crippen LogP) is 3.92. The number of ether oxygens (including phenoxy) is 2. The maximum absolute atomic E-state index is 15.3. The molecule has 2 saturated heterocycles. The highest BCUT2D eigenvalue weighted by molar-refractivity contribution is 5.67. The Hall–Kier alpha value is -2.60. The average Bonchev–Trinajstić information content (AvgIpc) is 3.42. The van der Waals surface area contributed by atoms with Crippen LogP contribution >= 0.6 is 0 Å². The van der Waals surface area contributed by atoms with Crippen LogP contribution in [0.1, 0.15) is 30.7 Å². The van der Waals surface area contributed by atoms with Crippen LogP contribution in [0.4, 0.5) is 4.39 Å². The largest absolute Gasteiger partial charge is 0.497 e. The summed E-state index contributed by atoms with van der Waals surface area (Å²) in [6.45, 7) is 3.42. The Labute approximate surface area is 177 Å². The van der Waals surface area contributed by atoms with Crippen LogP contribution in [-0.4, -0.2) is 62.7 Å². The molecule has 5 nitrogen and oxygen atoms in total. The van der Waals surface area contributed by atoms with Crippen molar-refractivity contribution >= 4 is 6.41 Å². The number of halogens is 1. The number of carbonyl (C=O) groups excluding carboxylic acids is 1. The van der Waals surface area contributed by atoms with Crippen LogP contribution in [0.15, 0.2) is 36.4 Å². The van der Waals surface area contributed by atoms with Crippen molar-refractivity contribution in [3.63, 3.8) is 0 Å². The molecule has 30 heavy (non-hydrogen) atoms. The molecule has 0 bridgehead atoms. The Morgan fingerprint density at radius 1 is 1.07 bits per heavy atom. The second-order valence-electron chi connectivity index (χ2n) is 8.19. The topological polar surface area (TPSA) is 42.0 Å². The van der Waals surface area contributed by atoms with E-state index < -0.39 is 0 Å². The van der Waals surface area contributed by atoms with E-state index in [-0.39, 0.29) is 17.8 Å². The number of nitrogens with zero attached hydrogens (tertiary/aromatic N) is 2. The van der Waals surface area contributed by atoms with Crippen molar-refractivity contribution in [2.45, 2.75) is 31.2 Å². The standard InChI is InChI=1S/C24H29FN2O3/c1-29-21-7-5-17(6-8-21)19-12-22(25)24(23(13-19)30-2)18-9-11-26(14-18)15-20-4-3-10-27(20)16-28/h5-8,12-13,16,18,20H,3-4,9-11,14-15H2,1-2H3/t18?,20-/m0/s1. The third kappa shape index (κ3) is 4.15. The molecule has 0 N–H and O–H groups in total. The lowest BCUT2D eigenvalue weighted by atomic mass is 9.93. The van der Waals surface area contributed by atoms with Gasteiger partial charge in [-0.2, -0.15) is 0 Å². The Bertz CT molecular complexity index is 887. The molecule has 1 unspecified atom stereocenters. The lowest BCUT2D eigenvalue weighted by Gasteiger charge is -2.26. The van der Waals surface area contributed by atoms with E-state index in [4.69, 9.17) is 9.47 Å². The lowest BCUT2D eigenvalue weighted by Crippen LogP contribution is -2.38. The molecular weight excluding hydrogens is 383 g/mol. The molecule has 0 spiro atoms. The zero-order valence-corrected chi connectivity index (χ0v) is 17.6. The van der Waals surface area contributed by atoms with Gasteiger partial charge in [-0.25, -0.2) is 4.39 Å². The van der Waals surface area contributed by atoms with Gasteiger partial charge in [-0.15, -0.1) is 0 Å². The number of hydrogen-bond acceptors (Lipinski definition) is 4. The first-order valence-electron chi connectivity index (χ1n) is 10.6. The highest BCUT2D eigenvalue weighted by Crippen LogP contribution is 2.39. The third-order valence-corrected chi connectivity index (χ3v) is 6.44. The number of amides is 1. The fourth-order valence-electron chi connectivity index (χ4n) is 4.83. The van der Waals surface area contributed by atoms with E-state index in [0.717, 1.165) is 68.7 Å². The molecule has 0 radical (unpaired) electrons. The Kier molecular flexibility index (Phi) is 6.23. The van der Waals surface area contributed by atoms with Gasteiger partial charge in [0.25, 0.3) is 0 Å². The summed E-state index contributed by atoms with van der Waals surface area (Å²) in [7, 11) is 3.23. The van der Waals surface area contributed by atoms with E-state index in [9.17, 15) is 4.79 Å². The van der Waals surface area contributed by atoms with Crippen molar-refractivity contribution < 1.29 is 18.7 Å². The number of likely N-dealkylation sites (tertiary alicyclic amines) is 2. The van der Waals surface area contributed by atoms with E-state index in [1.165, 1.54) is 0 Å². The van der Waals surface area contributed by atoms with Crippen molar-refractivity contribution in [2.75, 3.05) is 40.4 Å². The van der Waals surface area contributed by atoms with Crippen LogP contribution in [0.5, 0.6) is 11.5 Å². The molecule has 0 saturated carbocycles. The quantitative estimate of drug-likeness (QED) is 0.647. The fourth-order valence-corrected chi connectivity index (χ4v) is 4.83. The van der Waals surface area contributed by atoms with Crippen LogP contribution in [0.3, 0.4) is 0 Å². The number of hydrogen-bond donors (Lipinski definition) is 0. The minimum atomic E-state index is -0.220. The Morgan fingerprint density at radius 3 is 2.57 bits per heavy atom. The molecule has 2 aliphatic rings. The number of methoxy groups -OCH3 is 2. The maximum Gasteiger partial charge on any atom is 0.209 e. The van der Waals surface area contributed by atoms with Crippen LogP contribution in [0.2, 0.25) is 0 Å². The van der Waals surface area contributed by atoms with Gasteiger partial charge in [0.2, 0.25) is 6.41 Å². The van der Waals surface area contributed by atoms with Crippen molar-refractivity contribution in [2.24, 2.45) is 0 Å². The fraction of sp³-hybridized carbons (Fsp3) is 0.458. The Morgan fingerprint density at radius 2 is 1.87 bits per heavy atom. The molecule has 4 rings (SSSR count). The molecule has 160 valence electrons. The van der Waals surface area contributed by atoms with Crippen molar-refractivity contribution in [1.29, 1.82) is 0 Å². The Balaban J connectivity index is 1.52. The van der Waals surface area contributed by atoms with Crippen molar-refractivity contribution in [1.82, 2.24) is 9.80 Å². The van der Waals surface area contributed by atoms with Gasteiger partial charge in [0.05, 0.1) is 14.2 Å². The summed E-state index contributed by atoms with van der Waals surface area (Å²) in [5, 5.41) is 0. The van der Waals surface area contributed by atoms with E-state index in [1.807, 2.05) is 35.2 Å². The van der Waals surface area contributed by atoms with E-state index in [1.54, 1.807) is 20.3 Å². The summed E-state index contributed by atoms with van der Waals surface area (Å²) in [5.74, 6) is 1.24. The highest BCUT2D eigenvalue weighted by Gasteiger charge is 2.32. The minimum Gasteiger partial charge on any atom is -0.497 e. The first-order valence-corrected chi connectivity index (χ1v) is 10.6. The molecular formula is C24H29FN2O3. The maximum atomic E-state index is 15.3. The zero-order chi connectivity index (χ0) is 21.1. The number of carbonyl (C=O) groups is 1. The van der Waals surface area contributed by atoms with E-state index in [2.05, 4.69) is 4.90 Å². The van der Waals surface area contributed by atoms with E-state index in [0.29, 0.717) is 11.3 Å². The third-order valence-electron chi connectivity index (χ3n) is 6.44. The zero-order valence-electron chi connectivity index (χ0n) is 17.6. The van der Waals surface area contributed by atoms with Gasteiger partial charge in [0, 0.05) is 37.2 Å². The summed E-state index contributed by atoms with van der Waals surface area (Å²) >= 11 is 0. The summed E-state index contributed by atoms with van der Waals surface area (Å²) in [5.41, 5.74) is 2.37. The SMILES string of the molecule is COc1ccc(-c2cc(F)c(C3CCN(C[C@@H]4CCCN4C=O)C3)c(OC)c2)cc1. The molecule has 2 aromatic rings. The smallest absolute Gasteiger partial charge is 0.209 e. The van der Waals surface area contributed by atoms with Gasteiger partial charge in [0.15, 0.2) is 0 Å². The number of rotatable bonds is 7. The highest BCUT2D eigenvalue weighted by atomic mass is 19.1. The van der Waals surface area contributed by atoms with Gasteiger partial charge in [0.1, 0.15) is 17.3 Å². The first-order chi connectivity index (χ1) is 14.6. The summed E-state index contributed by atoms with van der Waals surface area (Å²) in [4.78, 5) is 15.5. The molecule has 1 amide bonds. The molecule has 2 atom stereocenters. The molecule has 2 fully saturated rings. The summed E-state index contributed by atoms with van der Waals surface area (Å²) < 4.78 is 26.1. The predicted molar refractivity (Wildman–Crippen MR) is 115 cm³/mol. The van der Waals surface area contributed by atoms with Crippen LogP contribution < -0.4 is 9.47 Å². The second kappa shape index (κ2) is 9.04. The first kappa shape index (κ1) is 20.7. The minimum absolute atomic E-state index is 0.0935. The second-order valence-corrected chi connectivity index (χ2v) is 8.19. The average molecular weight is 413 g/mol. The molecule has 6 heteroatoms. The molecule has 0 aromatic heterocycles. The molecule has 2 aromatic carbocycles. The molecule has 0 aliphatic carbocycles. The molecule has 2 aliphatic heterocycles. The van der Waals surface area contributed by atoms with Gasteiger partial charge in [-0.1, -0.05) is 12.1 Å². The van der Waals surface area contributed by atoms with Crippen molar-refractivity contribution in [3.05, 3.63) is 47.8 Å². The summed E-state index contributed by atoms with van der Waals surface area (Å²) in [6, 6.07) is 11.4. The van der Waals surface area contributed by atoms with Gasteiger partial charge >= 0.3 is 0 Å². The normalized spacial score (nSPS) is 21.8. The number of benzene rings is 2. The molecule has 2 heterocycles. The van der Waals surface area contributed by atoms with Crippen LogP contribution in [-0.2, 0) is 4.79 Å². The van der Waals surface area contributed by atoms with Gasteiger partial charge in [-0.05, 0) is 61.2 Å². The lowest BCUT2D eigenvalue weighted by molar-refractivity contribution is -0.119.